The van der Waals surface area contributed by atoms with Crippen LogP contribution in [0.5, 0.6) is 0 Å². The third kappa shape index (κ3) is 3.63. The summed E-state index contributed by atoms with van der Waals surface area (Å²) in [6.07, 6.45) is 6.05. The lowest BCUT2D eigenvalue weighted by Crippen LogP contribution is -2.69. The molecule has 2 aromatic rings. The molecule has 0 spiro atoms. The number of rotatable bonds is 6. The van der Waals surface area contributed by atoms with Gasteiger partial charge in [-0.25, -0.2) is 4.98 Å². The highest BCUT2D eigenvalue weighted by Gasteiger charge is 2.42. The summed E-state index contributed by atoms with van der Waals surface area (Å²) >= 11 is 0. The largest absolute Gasteiger partial charge is 0.333 e. The summed E-state index contributed by atoms with van der Waals surface area (Å²) in [5.41, 5.74) is 1.16. The minimum absolute atomic E-state index is 0.0414. The predicted octanol–water partition coefficient (Wildman–Crippen LogP) is 2.33. The quantitative estimate of drug-likeness (QED) is 0.627. The van der Waals surface area contributed by atoms with Gasteiger partial charge < -0.3 is 15.2 Å². The van der Waals surface area contributed by atoms with Crippen LogP contribution in [0.2, 0.25) is 0 Å². The molecule has 1 saturated heterocycles. The molecule has 0 radical (unpaired) electrons. The van der Waals surface area contributed by atoms with Crippen molar-refractivity contribution in [3.8, 4) is 11.4 Å². The molecular formula is C19H22N4O2. The van der Waals surface area contributed by atoms with Gasteiger partial charge in [0.05, 0.1) is 12.1 Å². The van der Waals surface area contributed by atoms with Gasteiger partial charge in [0.1, 0.15) is 11.5 Å². The van der Waals surface area contributed by atoms with Gasteiger partial charge in [0.2, 0.25) is 11.8 Å². The standard InChI is InChI=1S/C19H22N4O2/c1-3-19(12-17(25)22-19)21-16(24)11-10-15-13-23(4-2)18(20-15)14-8-6-5-7-9-14/h5-11,13H,3-4,12H2,1-2H3,(H,21,24)(H,22,25). The van der Waals surface area contributed by atoms with Crippen molar-refractivity contribution in [2.75, 3.05) is 0 Å². The summed E-state index contributed by atoms with van der Waals surface area (Å²) in [4.78, 5) is 27.9. The first-order valence-electron chi connectivity index (χ1n) is 8.49. The average molecular weight is 338 g/mol. The Hall–Kier alpha value is -2.89. The number of β-lactam (4-membered cyclic amide) rings is 1. The molecule has 2 N–H and O–H groups in total. The fourth-order valence-electron chi connectivity index (χ4n) is 2.91. The number of carbonyl (C=O) groups excluding carboxylic acids is 2. The molecule has 3 rings (SSSR count). The monoisotopic (exact) mass is 338 g/mol. The molecule has 2 heterocycles. The fraction of sp³-hybridized carbons (Fsp3) is 0.316. The Morgan fingerprint density at radius 2 is 2.08 bits per heavy atom. The molecule has 1 unspecified atom stereocenters. The summed E-state index contributed by atoms with van der Waals surface area (Å²) in [7, 11) is 0. The third-order valence-electron chi connectivity index (χ3n) is 4.38. The number of carbonyl (C=O) groups is 2. The normalized spacial score (nSPS) is 19.5. The molecule has 25 heavy (non-hydrogen) atoms. The zero-order valence-electron chi connectivity index (χ0n) is 14.5. The first kappa shape index (κ1) is 17.0. The third-order valence-corrected chi connectivity index (χ3v) is 4.38. The van der Waals surface area contributed by atoms with Crippen molar-refractivity contribution in [3.05, 3.63) is 48.3 Å². The average Bonchev–Trinajstić information content (AvgIpc) is 3.02. The van der Waals surface area contributed by atoms with E-state index in [-0.39, 0.29) is 11.8 Å². The number of benzene rings is 1. The maximum Gasteiger partial charge on any atom is 0.245 e. The van der Waals surface area contributed by atoms with Gasteiger partial charge in [0.15, 0.2) is 0 Å². The van der Waals surface area contributed by atoms with Crippen LogP contribution >= 0.6 is 0 Å². The molecule has 6 heteroatoms. The molecule has 1 fully saturated rings. The Labute approximate surface area is 147 Å². The number of aryl methyl sites for hydroxylation is 1. The maximum absolute atomic E-state index is 12.1. The maximum atomic E-state index is 12.1. The fourth-order valence-corrected chi connectivity index (χ4v) is 2.91. The van der Waals surface area contributed by atoms with Crippen molar-refractivity contribution in [1.29, 1.82) is 0 Å². The van der Waals surface area contributed by atoms with E-state index in [2.05, 4.69) is 22.5 Å². The van der Waals surface area contributed by atoms with Crippen LogP contribution in [0.15, 0.2) is 42.6 Å². The van der Waals surface area contributed by atoms with E-state index in [1.54, 1.807) is 6.08 Å². The lowest BCUT2D eigenvalue weighted by molar-refractivity contribution is -0.136. The second kappa shape index (κ2) is 6.93. The Morgan fingerprint density at radius 3 is 2.68 bits per heavy atom. The number of nitrogens with one attached hydrogen (secondary N) is 2. The number of imidazole rings is 1. The molecule has 2 amide bonds. The Balaban J connectivity index is 1.72. The zero-order valence-corrected chi connectivity index (χ0v) is 14.5. The van der Waals surface area contributed by atoms with Crippen LogP contribution in [0.4, 0.5) is 0 Å². The van der Waals surface area contributed by atoms with Gasteiger partial charge in [-0.15, -0.1) is 0 Å². The lowest BCUT2D eigenvalue weighted by Gasteiger charge is -2.41. The Bertz CT molecular complexity index is 800. The summed E-state index contributed by atoms with van der Waals surface area (Å²) in [6.45, 7) is 4.78. The minimum Gasteiger partial charge on any atom is -0.333 e. The van der Waals surface area contributed by atoms with Crippen molar-refractivity contribution in [2.45, 2.75) is 38.9 Å². The Morgan fingerprint density at radius 1 is 1.36 bits per heavy atom. The van der Waals surface area contributed by atoms with Crippen LogP contribution in [0.3, 0.4) is 0 Å². The van der Waals surface area contributed by atoms with Crippen molar-refractivity contribution in [1.82, 2.24) is 20.2 Å². The molecule has 0 bridgehead atoms. The molecule has 1 aliphatic rings. The second-order valence-electron chi connectivity index (χ2n) is 6.12. The molecule has 130 valence electrons. The molecule has 0 saturated carbocycles. The van der Waals surface area contributed by atoms with E-state index in [4.69, 9.17) is 0 Å². The highest BCUT2D eigenvalue weighted by molar-refractivity contribution is 5.94. The van der Waals surface area contributed by atoms with Crippen LogP contribution in [0.25, 0.3) is 17.5 Å². The second-order valence-corrected chi connectivity index (χ2v) is 6.12. The van der Waals surface area contributed by atoms with Gasteiger partial charge in [-0.3, -0.25) is 9.59 Å². The van der Waals surface area contributed by atoms with Gasteiger partial charge in [-0.2, -0.15) is 0 Å². The van der Waals surface area contributed by atoms with Crippen molar-refractivity contribution in [2.24, 2.45) is 0 Å². The molecule has 1 aromatic carbocycles. The van der Waals surface area contributed by atoms with Crippen LogP contribution in [0, 0.1) is 0 Å². The van der Waals surface area contributed by atoms with Gasteiger partial charge in [-0.05, 0) is 19.4 Å². The topological polar surface area (TPSA) is 76.0 Å². The molecule has 6 nitrogen and oxygen atoms in total. The number of amides is 2. The van der Waals surface area contributed by atoms with Crippen LogP contribution in [-0.4, -0.2) is 27.0 Å². The first-order valence-corrected chi connectivity index (χ1v) is 8.49. The smallest absolute Gasteiger partial charge is 0.245 e. The van der Waals surface area contributed by atoms with E-state index in [0.717, 1.165) is 23.6 Å². The van der Waals surface area contributed by atoms with Crippen molar-refractivity contribution >= 4 is 17.9 Å². The highest BCUT2D eigenvalue weighted by Crippen LogP contribution is 2.21. The van der Waals surface area contributed by atoms with E-state index in [1.165, 1.54) is 6.08 Å². The highest BCUT2D eigenvalue weighted by atomic mass is 16.2. The summed E-state index contributed by atoms with van der Waals surface area (Å²) in [5, 5.41) is 5.61. The van der Waals surface area contributed by atoms with E-state index in [9.17, 15) is 9.59 Å². The van der Waals surface area contributed by atoms with Crippen LogP contribution in [-0.2, 0) is 16.1 Å². The van der Waals surface area contributed by atoms with E-state index >= 15 is 0 Å². The summed E-state index contributed by atoms with van der Waals surface area (Å²) in [5.74, 6) is 0.592. The number of hydrogen-bond donors (Lipinski definition) is 2. The zero-order chi connectivity index (χ0) is 17.9. The van der Waals surface area contributed by atoms with Crippen LogP contribution in [0.1, 0.15) is 32.4 Å². The molecular weight excluding hydrogens is 316 g/mol. The number of aromatic nitrogens is 2. The summed E-state index contributed by atoms with van der Waals surface area (Å²) < 4.78 is 2.05. The van der Waals surface area contributed by atoms with Crippen LogP contribution < -0.4 is 10.6 Å². The summed E-state index contributed by atoms with van der Waals surface area (Å²) in [6, 6.07) is 9.95. The number of hydrogen-bond acceptors (Lipinski definition) is 3. The molecule has 0 aliphatic carbocycles. The van der Waals surface area contributed by atoms with Gasteiger partial charge in [-0.1, -0.05) is 37.3 Å². The van der Waals surface area contributed by atoms with Crippen molar-refractivity contribution in [3.63, 3.8) is 0 Å². The van der Waals surface area contributed by atoms with Gasteiger partial charge >= 0.3 is 0 Å². The molecule has 1 aliphatic heterocycles. The van der Waals surface area contributed by atoms with Gasteiger partial charge in [0, 0.05) is 24.4 Å². The van der Waals surface area contributed by atoms with Crippen molar-refractivity contribution < 1.29 is 9.59 Å². The molecule has 1 atom stereocenters. The lowest BCUT2D eigenvalue weighted by atomic mass is 9.94. The van der Waals surface area contributed by atoms with Gasteiger partial charge in [0.25, 0.3) is 0 Å². The minimum atomic E-state index is -0.601. The number of nitrogens with zero attached hydrogens (tertiary/aromatic N) is 2. The van der Waals surface area contributed by atoms with E-state index in [0.29, 0.717) is 12.8 Å². The van der Waals surface area contributed by atoms with E-state index < -0.39 is 5.66 Å². The first-order chi connectivity index (χ1) is 12.0. The Kier molecular flexibility index (Phi) is 4.70. The SMILES string of the molecule is CCn1cc(C=CC(=O)NC2(CC)CC(=O)N2)nc1-c1ccccc1. The van der Waals surface area contributed by atoms with E-state index in [1.807, 2.05) is 48.0 Å². The predicted molar refractivity (Wildman–Crippen MR) is 96.3 cm³/mol. The molecule has 1 aromatic heterocycles.